The number of ether oxygens (including phenoxy) is 1. The van der Waals surface area contributed by atoms with E-state index in [1.165, 1.54) is 5.01 Å². The van der Waals surface area contributed by atoms with Gasteiger partial charge in [-0.3, -0.25) is 4.79 Å². The highest BCUT2D eigenvalue weighted by Gasteiger charge is 2.29. The Labute approximate surface area is 130 Å². The number of thiazole rings is 1. The molecule has 116 valence electrons. The number of carbonyl (C=O) groups is 1. The van der Waals surface area contributed by atoms with Gasteiger partial charge in [-0.2, -0.15) is 0 Å². The zero-order valence-electron chi connectivity index (χ0n) is 12.9. The molecule has 1 aromatic rings. The predicted molar refractivity (Wildman–Crippen MR) is 85.7 cm³/mol. The van der Waals surface area contributed by atoms with Crippen molar-refractivity contribution in [2.24, 2.45) is 0 Å². The second-order valence-electron chi connectivity index (χ2n) is 5.42. The number of piperidine rings is 1. The lowest BCUT2D eigenvalue weighted by Crippen LogP contribution is -2.44. The molecule has 0 radical (unpaired) electrons. The molecule has 0 aliphatic carbocycles. The van der Waals surface area contributed by atoms with E-state index in [0.29, 0.717) is 12.5 Å². The Morgan fingerprint density at radius 3 is 3.19 bits per heavy atom. The Morgan fingerprint density at radius 1 is 1.71 bits per heavy atom. The average Bonchev–Trinajstić information content (AvgIpc) is 3.01. The first kappa shape index (κ1) is 16.2. The minimum absolute atomic E-state index is 0.0776. The van der Waals surface area contributed by atoms with Crippen molar-refractivity contribution in [2.75, 3.05) is 19.7 Å². The molecule has 5 heteroatoms. The molecule has 1 aromatic heterocycles. The van der Waals surface area contributed by atoms with E-state index in [2.05, 4.69) is 23.9 Å². The van der Waals surface area contributed by atoms with Crippen LogP contribution in [0.15, 0.2) is 18.0 Å². The second-order valence-corrected chi connectivity index (χ2v) is 6.31. The number of hydrogen-bond donors (Lipinski definition) is 0. The summed E-state index contributed by atoms with van der Waals surface area (Å²) >= 11 is 1.72. The highest BCUT2D eigenvalue weighted by molar-refractivity contribution is 7.09. The summed E-state index contributed by atoms with van der Waals surface area (Å²) in [5, 5.41) is 3.30. The molecular formula is C16H24N2O2S. The Balaban J connectivity index is 1.96. The fraction of sp³-hybridized carbons (Fsp3) is 0.625. The van der Waals surface area contributed by atoms with Gasteiger partial charge in [-0.25, -0.2) is 4.98 Å². The fourth-order valence-electron chi connectivity index (χ4n) is 2.59. The van der Waals surface area contributed by atoms with Gasteiger partial charge in [-0.1, -0.05) is 13.0 Å². The molecule has 2 rings (SSSR count). The van der Waals surface area contributed by atoms with E-state index >= 15 is 0 Å². The van der Waals surface area contributed by atoms with Gasteiger partial charge in [0.2, 0.25) is 0 Å². The van der Waals surface area contributed by atoms with E-state index in [1.807, 2.05) is 11.8 Å². The monoisotopic (exact) mass is 308 g/mol. The summed E-state index contributed by atoms with van der Waals surface area (Å²) in [6.07, 6.45) is 4.39. The number of aryl methyl sites for hydroxylation is 1. The van der Waals surface area contributed by atoms with Crippen molar-refractivity contribution in [3.63, 3.8) is 0 Å². The van der Waals surface area contributed by atoms with E-state index < -0.39 is 6.10 Å². The molecule has 0 spiro atoms. The Kier molecular flexibility index (Phi) is 5.94. The number of nitrogens with zero attached hydrogens (tertiary/aromatic N) is 2. The lowest BCUT2D eigenvalue weighted by atomic mass is 9.98. The van der Waals surface area contributed by atoms with Crippen molar-refractivity contribution in [3.8, 4) is 0 Å². The number of carbonyl (C=O) groups excluding carboxylic acids is 1. The van der Waals surface area contributed by atoms with Crippen LogP contribution in [-0.2, 0) is 16.0 Å². The molecule has 0 N–H and O–H groups in total. The van der Waals surface area contributed by atoms with Gasteiger partial charge in [-0.15, -0.1) is 17.9 Å². The predicted octanol–water partition coefficient (Wildman–Crippen LogP) is 3.00. The maximum absolute atomic E-state index is 12.4. The Morgan fingerprint density at radius 2 is 2.52 bits per heavy atom. The summed E-state index contributed by atoms with van der Waals surface area (Å²) in [7, 11) is 0. The molecule has 21 heavy (non-hydrogen) atoms. The van der Waals surface area contributed by atoms with E-state index in [9.17, 15) is 4.79 Å². The summed E-state index contributed by atoms with van der Waals surface area (Å²) in [4.78, 5) is 19.0. The standard InChI is InChI=1S/C16H24N2O2S/c1-4-9-20-12(3)16(19)18-8-6-7-13(10-18)15-17-14(5-2)11-21-15/h4,11-13H,1,5-10H2,2-3H3/t12-,13-/m0/s1. The van der Waals surface area contributed by atoms with Gasteiger partial charge in [0.25, 0.3) is 5.91 Å². The van der Waals surface area contributed by atoms with E-state index in [-0.39, 0.29) is 5.91 Å². The molecule has 1 aliphatic rings. The quantitative estimate of drug-likeness (QED) is 0.759. The minimum Gasteiger partial charge on any atom is -0.365 e. The zero-order valence-corrected chi connectivity index (χ0v) is 13.7. The number of rotatable bonds is 6. The van der Waals surface area contributed by atoms with Crippen LogP contribution in [0.1, 0.15) is 43.3 Å². The van der Waals surface area contributed by atoms with Crippen molar-refractivity contribution >= 4 is 17.2 Å². The lowest BCUT2D eigenvalue weighted by molar-refractivity contribution is -0.143. The summed E-state index contributed by atoms with van der Waals surface area (Å²) in [5.74, 6) is 0.452. The molecule has 2 atom stereocenters. The first-order chi connectivity index (χ1) is 10.2. The minimum atomic E-state index is -0.399. The molecular weight excluding hydrogens is 284 g/mol. The third kappa shape index (κ3) is 4.14. The van der Waals surface area contributed by atoms with Crippen LogP contribution in [0, 0.1) is 0 Å². The summed E-state index contributed by atoms with van der Waals surface area (Å²) < 4.78 is 5.45. The molecule has 0 unspecified atom stereocenters. The SMILES string of the molecule is C=CCO[C@@H](C)C(=O)N1CCC[C@H](c2nc(CC)cs2)C1. The molecule has 1 amide bonds. The lowest BCUT2D eigenvalue weighted by Gasteiger charge is -2.33. The van der Waals surface area contributed by atoms with Crippen LogP contribution in [0.5, 0.6) is 0 Å². The van der Waals surface area contributed by atoms with Gasteiger partial charge in [0.15, 0.2) is 0 Å². The molecule has 1 fully saturated rings. The van der Waals surface area contributed by atoms with Crippen molar-refractivity contribution in [1.29, 1.82) is 0 Å². The van der Waals surface area contributed by atoms with E-state index in [4.69, 9.17) is 4.74 Å². The van der Waals surface area contributed by atoms with Gasteiger partial charge in [0.1, 0.15) is 6.10 Å². The van der Waals surface area contributed by atoms with Crippen molar-refractivity contribution < 1.29 is 9.53 Å². The molecule has 1 aliphatic heterocycles. The third-order valence-corrected chi connectivity index (χ3v) is 4.88. The highest BCUT2D eigenvalue weighted by atomic mass is 32.1. The number of likely N-dealkylation sites (tertiary alicyclic amines) is 1. The maximum atomic E-state index is 12.4. The molecule has 1 saturated heterocycles. The first-order valence-corrected chi connectivity index (χ1v) is 8.49. The fourth-order valence-corrected chi connectivity index (χ4v) is 3.62. The average molecular weight is 308 g/mol. The largest absolute Gasteiger partial charge is 0.365 e. The molecule has 2 heterocycles. The molecule has 4 nitrogen and oxygen atoms in total. The smallest absolute Gasteiger partial charge is 0.251 e. The van der Waals surface area contributed by atoms with Crippen LogP contribution in [0.2, 0.25) is 0 Å². The maximum Gasteiger partial charge on any atom is 0.251 e. The normalized spacial score (nSPS) is 20.3. The molecule has 0 bridgehead atoms. The summed E-state index contributed by atoms with van der Waals surface area (Å²) in [6, 6.07) is 0. The number of hydrogen-bond acceptors (Lipinski definition) is 4. The van der Waals surface area contributed by atoms with E-state index in [1.54, 1.807) is 17.4 Å². The highest BCUT2D eigenvalue weighted by Crippen LogP contribution is 2.29. The van der Waals surface area contributed by atoms with Crippen LogP contribution < -0.4 is 0 Å². The van der Waals surface area contributed by atoms with Crippen LogP contribution in [0.3, 0.4) is 0 Å². The van der Waals surface area contributed by atoms with Crippen LogP contribution in [-0.4, -0.2) is 41.6 Å². The molecule has 0 saturated carbocycles. The van der Waals surface area contributed by atoms with Gasteiger partial charge in [0.05, 0.1) is 17.3 Å². The van der Waals surface area contributed by atoms with Crippen LogP contribution in [0.25, 0.3) is 0 Å². The van der Waals surface area contributed by atoms with E-state index in [0.717, 1.165) is 38.0 Å². The van der Waals surface area contributed by atoms with Crippen molar-refractivity contribution in [3.05, 3.63) is 28.7 Å². The number of aromatic nitrogens is 1. The Bertz CT molecular complexity index is 486. The van der Waals surface area contributed by atoms with Crippen molar-refractivity contribution in [1.82, 2.24) is 9.88 Å². The van der Waals surface area contributed by atoms with Gasteiger partial charge < -0.3 is 9.64 Å². The van der Waals surface area contributed by atoms with Gasteiger partial charge >= 0.3 is 0 Å². The van der Waals surface area contributed by atoms with Crippen molar-refractivity contribution in [2.45, 2.75) is 45.1 Å². The van der Waals surface area contributed by atoms with Crippen LogP contribution in [0.4, 0.5) is 0 Å². The van der Waals surface area contributed by atoms with Gasteiger partial charge in [-0.05, 0) is 26.2 Å². The first-order valence-electron chi connectivity index (χ1n) is 7.61. The Hall–Kier alpha value is -1.20. The summed E-state index contributed by atoms with van der Waals surface area (Å²) in [6.45, 7) is 9.54. The van der Waals surface area contributed by atoms with Gasteiger partial charge in [0, 0.05) is 24.4 Å². The topological polar surface area (TPSA) is 42.4 Å². The molecule has 0 aromatic carbocycles. The number of amides is 1. The third-order valence-electron chi connectivity index (χ3n) is 3.83. The van der Waals surface area contributed by atoms with Crippen LogP contribution >= 0.6 is 11.3 Å². The second kappa shape index (κ2) is 7.71. The summed E-state index contributed by atoms with van der Waals surface area (Å²) in [5.41, 5.74) is 1.15. The zero-order chi connectivity index (χ0) is 15.2.